The van der Waals surface area contributed by atoms with Crippen LogP contribution < -0.4 is 15.4 Å². The lowest BCUT2D eigenvalue weighted by atomic mass is 9.96. The Labute approximate surface area is 191 Å². The van der Waals surface area contributed by atoms with Crippen LogP contribution in [-0.2, 0) is 16.9 Å². The predicted molar refractivity (Wildman–Crippen MR) is 128 cm³/mol. The first-order valence-electron chi connectivity index (χ1n) is 11.4. The van der Waals surface area contributed by atoms with E-state index in [-0.39, 0.29) is 0 Å². The van der Waals surface area contributed by atoms with Gasteiger partial charge in [0.2, 0.25) is 0 Å². The van der Waals surface area contributed by atoms with Gasteiger partial charge in [0.25, 0.3) is 0 Å². The van der Waals surface area contributed by atoms with Gasteiger partial charge < -0.3 is 25.2 Å². The smallest absolute Gasteiger partial charge is 0.191 e. The largest absolute Gasteiger partial charge is 0.492 e. The highest BCUT2D eigenvalue weighted by Gasteiger charge is 2.22. The molecule has 1 atom stereocenters. The molecule has 1 saturated heterocycles. The molecule has 0 aliphatic carbocycles. The maximum atomic E-state index is 10.8. The number of hydrogen-bond acceptors (Lipinski definition) is 5. The lowest BCUT2D eigenvalue weighted by Crippen LogP contribution is -2.44. The van der Waals surface area contributed by atoms with E-state index >= 15 is 0 Å². The number of hydrogen-bond donors (Lipinski definition) is 3. The molecule has 1 fully saturated rings. The molecule has 0 saturated carbocycles. The van der Waals surface area contributed by atoms with E-state index in [0.717, 1.165) is 56.3 Å². The molecule has 7 nitrogen and oxygen atoms in total. The summed E-state index contributed by atoms with van der Waals surface area (Å²) >= 11 is 0. The van der Waals surface area contributed by atoms with Crippen LogP contribution in [0, 0.1) is 0 Å². The molecule has 7 heteroatoms. The Morgan fingerprint density at radius 3 is 2.66 bits per heavy atom. The first-order chi connectivity index (χ1) is 15.6. The van der Waals surface area contributed by atoms with Gasteiger partial charge in [0.15, 0.2) is 5.96 Å². The van der Waals surface area contributed by atoms with Crippen LogP contribution in [0.2, 0.25) is 0 Å². The standard InChI is InChI=1S/C25H36N4O3/c1-3-26-24(28-20-25(2,30)22-9-5-4-6-10-22)27-19-21-8-7-11-23(18-21)32-17-14-29-12-15-31-16-13-29/h4-11,18,30H,3,12-17,19-20H2,1-2H3,(H2,26,27,28). The maximum absolute atomic E-state index is 10.8. The Hall–Kier alpha value is -2.61. The molecule has 1 heterocycles. The van der Waals surface area contributed by atoms with E-state index in [1.807, 2.05) is 61.5 Å². The molecule has 0 amide bonds. The molecular formula is C25H36N4O3. The summed E-state index contributed by atoms with van der Waals surface area (Å²) in [4.78, 5) is 7.04. The summed E-state index contributed by atoms with van der Waals surface area (Å²) < 4.78 is 11.3. The first kappa shape index (κ1) is 24.0. The van der Waals surface area contributed by atoms with Gasteiger partial charge in [0, 0.05) is 26.2 Å². The van der Waals surface area contributed by atoms with E-state index < -0.39 is 5.60 Å². The molecule has 0 aromatic heterocycles. The average Bonchev–Trinajstić information content (AvgIpc) is 2.82. The zero-order valence-corrected chi connectivity index (χ0v) is 19.2. The topological polar surface area (TPSA) is 78.4 Å². The van der Waals surface area contributed by atoms with E-state index in [4.69, 9.17) is 9.47 Å². The van der Waals surface area contributed by atoms with Crippen molar-refractivity contribution in [3.05, 3.63) is 65.7 Å². The van der Waals surface area contributed by atoms with Gasteiger partial charge in [-0.3, -0.25) is 4.90 Å². The Morgan fingerprint density at radius 2 is 1.91 bits per heavy atom. The number of guanidine groups is 1. The van der Waals surface area contributed by atoms with Crippen LogP contribution in [0.5, 0.6) is 5.75 Å². The van der Waals surface area contributed by atoms with Crippen molar-refractivity contribution < 1.29 is 14.6 Å². The second-order valence-corrected chi connectivity index (χ2v) is 8.14. The zero-order valence-electron chi connectivity index (χ0n) is 19.2. The van der Waals surface area contributed by atoms with Crippen LogP contribution in [0.4, 0.5) is 0 Å². The van der Waals surface area contributed by atoms with Crippen molar-refractivity contribution >= 4 is 5.96 Å². The highest BCUT2D eigenvalue weighted by molar-refractivity contribution is 5.79. The van der Waals surface area contributed by atoms with Gasteiger partial charge in [-0.1, -0.05) is 42.5 Å². The number of aliphatic imine (C=N–C) groups is 1. The van der Waals surface area contributed by atoms with Crippen molar-refractivity contribution in [1.82, 2.24) is 15.5 Å². The molecule has 0 radical (unpaired) electrons. The third kappa shape index (κ3) is 7.82. The van der Waals surface area contributed by atoms with Crippen molar-refractivity contribution in [2.45, 2.75) is 26.0 Å². The van der Waals surface area contributed by atoms with Crippen LogP contribution in [0.3, 0.4) is 0 Å². The average molecular weight is 441 g/mol. The summed E-state index contributed by atoms with van der Waals surface area (Å²) in [5.74, 6) is 1.53. The summed E-state index contributed by atoms with van der Waals surface area (Å²) in [5, 5.41) is 17.3. The van der Waals surface area contributed by atoms with Gasteiger partial charge in [0.05, 0.1) is 26.3 Å². The van der Waals surface area contributed by atoms with Crippen molar-refractivity contribution in [2.75, 3.05) is 52.5 Å². The number of nitrogens with zero attached hydrogens (tertiary/aromatic N) is 2. The quantitative estimate of drug-likeness (QED) is 0.389. The Kier molecular flexibility index (Phi) is 9.34. The van der Waals surface area contributed by atoms with E-state index in [2.05, 4.69) is 20.5 Å². The van der Waals surface area contributed by atoms with Crippen LogP contribution in [0.15, 0.2) is 59.6 Å². The molecule has 32 heavy (non-hydrogen) atoms. The fourth-order valence-corrected chi connectivity index (χ4v) is 3.52. The van der Waals surface area contributed by atoms with Crippen molar-refractivity contribution in [2.24, 2.45) is 4.99 Å². The second-order valence-electron chi connectivity index (χ2n) is 8.14. The van der Waals surface area contributed by atoms with Crippen molar-refractivity contribution in [3.8, 4) is 5.75 Å². The molecule has 2 aromatic carbocycles. The number of benzene rings is 2. The minimum absolute atomic E-state index is 0.355. The molecule has 1 aliphatic rings. The third-order valence-electron chi connectivity index (χ3n) is 5.44. The van der Waals surface area contributed by atoms with E-state index in [1.165, 1.54) is 0 Å². The molecule has 0 spiro atoms. The molecule has 174 valence electrons. The lowest BCUT2D eigenvalue weighted by Gasteiger charge is -2.26. The Balaban J connectivity index is 1.52. The van der Waals surface area contributed by atoms with Crippen LogP contribution >= 0.6 is 0 Å². The minimum Gasteiger partial charge on any atom is -0.492 e. The van der Waals surface area contributed by atoms with Crippen LogP contribution in [0.25, 0.3) is 0 Å². The predicted octanol–water partition coefficient (Wildman–Crippen LogP) is 2.36. The van der Waals surface area contributed by atoms with Gasteiger partial charge in [-0.2, -0.15) is 0 Å². The van der Waals surface area contributed by atoms with Crippen LogP contribution in [-0.4, -0.2) is 68.5 Å². The fraction of sp³-hybridized carbons (Fsp3) is 0.480. The van der Waals surface area contributed by atoms with E-state index in [1.54, 1.807) is 6.92 Å². The molecule has 3 N–H and O–H groups in total. The monoisotopic (exact) mass is 440 g/mol. The number of ether oxygens (including phenoxy) is 2. The highest BCUT2D eigenvalue weighted by atomic mass is 16.5. The van der Waals surface area contributed by atoms with Gasteiger partial charge in [0.1, 0.15) is 18.0 Å². The number of morpholine rings is 1. The summed E-state index contributed by atoms with van der Waals surface area (Å²) in [7, 11) is 0. The van der Waals surface area contributed by atoms with Crippen molar-refractivity contribution in [1.29, 1.82) is 0 Å². The summed E-state index contributed by atoms with van der Waals surface area (Å²) in [5.41, 5.74) is 0.942. The molecule has 1 unspecified atom stereocenters. The number of aliphatic hydroxyl groups is 1. The van der Waals surface area contributed by atoms with Crippen LogP contribution in [0.1, 0.15) is 25.0 Å². The number of rotatable bonds is 10. The molecule has 3 rings (SSSR count). The van der Waals surface area contributed by atoms with E-state index in [9.17, 15) is 5.11 Å². The van der Waals surface area contributed by atoms with Crippen molar-refractivity contribution in [3.63, 3.8) is 0 Å². The normalized spacial score (nSPS) is 16.9. The fourth-order valence-electron chi connectivity index (χ4n) is 3.52. The SMILES string of the molecule is CCNC(=NCc1cccc(OCCN2CCOCC2)c1)NCC(C)(O)c1ccccc1. The maximum Gasteiger partial charge on any atom is 0.191 e. The molecule has 2 aromatic rings. The molecule has 1 aliphatic heterocycles. The van der Waals surface area contributed by atoms with Gasteiger partial charge >= 0.3 is 0 Å². The first-order valence-corrected chi connectivity index (χ1v) is 11.4. The summed E-state index contributed by atoms with van der Waals surface area (Å²) in [6.45, 7) is 10.5. The summed E-state index contributed by atoms with van der Waals surface area (Å²) in [6, 6.07) is 17.7. The zero-order chi connectivity index (χ0) is 22.7. The Bertz CT molecular complexity index is 836. The number of nitrogens with one attached hydrogen (secondary N) is 2. The highest BCUT2D eigenvalue weighted by Crippen LogP contribution is 2.19. The second kappa shape index (κ2) is 12.4. The lowest BCUT2D eigenvalue weighted by molar-refractivity contribution is 0.0322. The van der Waals surface area contributed by atoms with Gasteiger partial charge in [-0.15, -0.1) is 0 Å². The Morgan fingerprint density at radius 1 is 1.12 bits per heavy atom. The van der Waals surface area contributed by atoms with E-state index in [0.29, 0.717) is 25.7 Å². The molecular weight excluding hydrogens is 404 g/mol. The minimum atomic E-state index is -0.994. The van der Waals surface area contributed by atoms with Gasteiger partial charge in [-0.05, 0) is 37.1 Å². The van der Waals surface area contributed by atoms with Gasteiger partial charge in [-0.25, -0.2) is 4.99 Å². The summed E-state index contributed by atoms with van der Waals surface area (Å²) in [6.07, 6.45) is 0. The molecule has 0 bridgehead atoms. The third-order valence-corrected chi connectivity index (χ3v) is 5.44.